The Balaban J connectivity index is 1.97. The molecule has 0 radical (unpaired) electrons. The van der Waals surface area contributed by atoms with Crippen LogP contribution >= 0.6 is 0 Å². The number of rotatable bonds is 3. The molecule has 1 aliphatic rings. The molecule has 2 heterocycles. The summed E-state index contributed by atoms with van der Waals surface area (Å²) < 4.78 is 5.15. The number of carbonyl (C=O) groups is 2. The molecular weight excluding hydrogens is 210 g/mol. The van der Waals surface area contributed by atoms with Gasteiger partial charge in [-0.3, -0.25) is 15.0 Å². The fraction of sp³-hybridized carbons (Fsp3) is 0.400. The van der Waals surface area contributed by atoms with Gasteiger partial charge in [-0.25, -0.2) is 5.84 Å². The predicted octanol–water partition coefficient (Wildman–Crippen LogP) is -0.382. The first kappa shape index (κ1) is 10.7. The van der Waals surface area contributed by atoms with E-state index in [1.807, 2.05) is 0 Å². The molecule has 1 aliphatic heterocycles. The van der Waals surface area contributed by atoms with Crippen molar-refractivity contribution in [3.05, 3.63) is 24.2 Å². The molecular formula is C10H13N3O3. The fourth-order valence-corrected chi connectivity index (χ4v) is 1.81. The molecule has 3 N–H and O–H groups in total. The minimum Gasteiger partial charge on any atom is -0.467 e. The minimum atomic E-state index is -0.354. The van der Waals surface area contributed by atoms with Crippen molar-refractivity contribution in [2.24, 2.45) is 11.8 Å². The lowest BCUT2D eigenvalue weighted by molar-refractivity contribution is -0.129. The van der Waals surface area contributed by atoms with Crippen molar-refractivity contribution in [3.63, 3.8) is 0 Å². The zero-order chi connectivity index (χ0) is 11.5. The second-order valence-electron chi connectivity index (χ2n) is 3.76. The van der Waals surface area contributed by atoms with E-state index in [0.717, 1.165) is 0 Å². The number of carbonyl (C=O) groups excluding carboxylic acids is 2. The fourth-order valence-electron chi connectivity index (χ4n) is 1.81. The number of furan rings is 1. The summed E-state index contributed by atoms with van der Waals surface area (Å²) in [5, 5.41) is 0. The zero-order valence-corrected chi connectivity index (χ0v) is 8.68. The summed E-state index contributed by atoms with van der Waals surface area (Å²) in [5.41, 5.74) is 2.07. The summed E-state index contributed by atoms with van der Waals surface area (Å²) in [4.78, 5) is 24.5. The van der Waals surface area contributed by atoms with Crippen LogP contribution in [-0.2, 0) is 16.1 Å². The summed E-state index contributed by atoms with van der Waals surface area (Å²) in [6, 6.07) is 3.56. The van der Waals surface area contributed by atoms with Gasteiger partial charge in [0.25, 0.3) is 0 Å². The monoisotopic (exact) mass is 223 g/mol. The Bertz CT molecular complexity index is 388. The topological polar surface area (TPSA) is 88.6 Å². The average Bonchev–Trinajstić information content (AvgIpc) is 2.89. The maximum absolute atomic E-state index is 11.6. The van der Waals surface area contributed by atoms with Gasteiger partial charge in [-0.2, -0.15) is 0 Å². The second-order valence-corrected chi connectivity index (χ2v) is 3.76. The van der Waals surface area contributed by atoms with Gasteiger partial charge in [-0.1, -0.05) is 0 Å². The van der Waals surface area contributed by atoms with E-state index < -0.39 is 0 Å². The third kappa shape index (κ3) is 2.06. The van der Waals surface area contributed by atoms with Crippen molar-refractivity contribution in [3.8, 4) is 0 Å². The van der Waals surface area contributed by atoms with E-state index in [0.29, 0.717) is 18.8 Å². The van der Waals surface area contributed by atoms with Crippen molar-refractivity contribution in [2.75, 3.05) is 6.54 Å². The molecule has 86 valence electrons. The highest BCUT2D eigenvalue weighted by atomic mass is 16.3. The third-order valence-electron chi connectivity index (χ3n) is 2.65. The second kappa shape index (κ2) is 4.36. The highest BCUT2D eigenvalue weighted by Gasteiger charge is 2.34. The molecule has 6 heteroatoms. The molecule has 6 nitrogen and oxygen atoms in total. The zero-order valence-electron chi connectivity index (χ0n) is 8.68. The van der Waals surface area contributed by atoms with E-state index in [1.54, 1.807) is 23.3 Å². The van der Waals surface area contributed by atoms with Gasteiger partial charge in [0.05, 0.1) is 18.7 Å². The van der Waals surface area contributed by atoms with Crippen LogP contribution < -0.4 is 11.3 Å². The maximum Gasteiger partial charge on any atom is 0.239 e. The molecule has 2 rings (SSSR count). The van der Waals surface area contributed by atoms with Crippen LogP contribution in [0.2, 0.25) is 0 Å². The van der Waals surface area contributed by atoms with Gasteiger partial charge < -0.3 is 9.32 Å². The van der Waals surface area contributed by atoms with Crippen LogP contribution in [0.5, 0.6) is 0 Å². The average molecular weight is 223 g/mol. The van der Waals surface area contributed by atoms with E-state index in [2.05, 4.69) is 5.43 Å². The Morgan fingerprint density at radius 3 is 3.12 bits per heavy atom. The first-order chi connectivity index (χ1) is 7.70. The van der Waals surface area contributed by atoms with Crippen molar-refractivity contribution in [1.82, 2.24) is 10.3 Å². The molecule has 0 unspecified atom stereocenters. The van der Waals surface area contributed by atoms with Gasteiger partial charge in [0.1, 0.15) is 5.76 Å². The highest BCUT2D eigenvalue weighted by Crippen LogP contribution is 2.20. The van der Waals surface area contributed by atoms with Crippen LogP contribution in [-0.4, -0.2) is 23.3 Å². The van der Waals surface area contributed by atoms with Crippen molar-refractivity contribution < 1.29 is 14.0 Å². The third-order valence-corrected chi connectivity index (χ3v) is 2.65. The van der Waals surface area contributed by atoms with E-state index in [9.17, 15) is 9.59 Å². The molecule has 16 heavy (non-hydrogen) atoms. The Kier molecular flexibility index (Phi) is 2.91. The van der Waals surface area contributed by atoms with Gasteiger partial charge in [0, 0.05) is 13.0 Å². The summed E-state index contributed by atoms with van der Waals surface area (Å²) in [7, 11) is 0. The van der Waals surface area contributed by atoms with Gasteiger partial charge >= 0.3 is 0 Å². The molecule has 0 bridgehead atoms. The lowest BCUT2D eigenvalue weighted by Crippen LogP contribution is -2.37. The quantitative estimate of drug-likeness (QED) is 0.415. The first-order valence-electron chi connectivity index (χ1n) is 5.01. The minimum absolute atomic E-state index is 0.0509. The van der Waals surface area contributed by atoms with Crippen molar-refractivity contribution >= 4 is 11.8 Å². The van der Waals surface area contributed by atoms with Crippen LogP contribution in [0, 0.1) is 5.92 Å². The number of hydrazine groups is 1. The summed E-state index contributed by atoms with van der Waals surface area (Å²) >= 11 is 0. The molecule has 1 atom stereocenters. The molecule has 1 fully saturated rings. The molecule has 2 amide bonds. The number of hydrogen-bond donors (Lipinski definition) is 2. The van der Waals surface area contributed by atoms with Gasteiger partial charge in [0.15, 0.2) is 0 Å². The molecule has 0 aliphatic carbocycles. The molecule has 1 saturated heterocycles. The number of nitrogens with zero attached hydrogens (tertiary/aromatic N) is 1. The molecule has 0 saturated carbocycles. The van der Waals surface area contributed by atoms with Crippen LogP contribution in [0.1, 0.15) is 12.2 Å². The largest absolute Gasteiger partial charge is 0.467 e. The lowest BCUT2D eigenvalue weighted by atomic mass is 10.1. The van der Waals surface area contributed by atoms with Crippen LogP contribution in [0.25, 0.3) is 0 Å². The molecule has 0 aromatic carbocycles. The summed E-state index contributed by atoms with van der Waals surface area (Å²) in [6.45, 7) is 0.794. The van der Waals surface area contributed by atoms with E-state index >= 15 is 0 Å². The van der Waals surface area contributed by atoms with Crippen LogP contribution in [0.3, 0.4) is 0 Å². The maximum atomic E-state index is 11.6. The van der Waals surface area contributed by atoms with Gasteiger partial charge in [0.2, 0.25) is 11.8 Å². The number of hydrogen-bond acceptors (Lipinski definition) is 4. The smallest absolute Gasteiger partial charge is 0.239 e. The normalized spacial score (nSPS) is 20.2. The standard InChI is InChI=1S/C10H13N3O3/c11-12-10(15)7-4-9(14)13(5-7)6-8-2-1-3-16-8/h1-3,7H,4-6,11H2,(H,12,15)/t7-/m1/s1. The van der Waals surface area contributed by atoms with Crippen molar-refractivity contribution in [1.29, 1.82) is 0 Å². The lowest BCUT2D eigenvalue weighted by Gasteiger charge is -2.14. The van der Waals surface area contributed by atoms with Crippen LogP contribution in [0.4, 0.5) is 0 Å². The Labute approximate surface area is 92.4 Å². The highest BCUT2D eigenvalue weighted by molar-refractivity contribution is 5.88. The van der Waals surface area contributed by atoms with Crippen LogP contribution in [0.15, 0.2) is 22.8 Å². The first-order valence-corrected chi connectivity index (χ1v) is 5.01. The Hall–Kier alpha value is -1.82. The number of likely N-dealkylation sites (tertiary alicyclic amines) is 1. The molecule has 1 aromatic heterocycles. The van der Waals surface area contributed by atoms with E-state index in [-0.39, 0.29) is 24.2 Å². The Morgan fingerprint density at radius 2 is 2.50 bits per heavy atom. The predicted molar refractivity (Wildman–Crippen MR) is 54.6 cm³/mol. The van der Waals surface area contributed by atoms with Crippen molar-refractivity contribution in [2.45, 2.75) is 13.0 Å². The summed E-state index contributed by atoms with van der Waals surface area (Å²) in [6.07, 6.45) is 1.77. The Morgan fingerprint density at radius 1 is 1.69 bits per heavy atom. The van der Waals surface area contributed by atoms with Gasteiger partial charge in [-0.15, -0.1) is 0 Å². The van der Waals surface area contributed by atoms with Gasteiger partial charge in [-0.05, 0) is 12.1 Å². The van der Waals surface area contributed by atoms with E-state index in [1.165, 1.54) is 0 Å². The van der Waals surface area contributed by atoms with E-state index in [4.69, 9.17) is 10.3 Å². The number of amides is 2. The SMILES string of the molecule is NNC(=O)[C@@H]1CC(=O)N(Cc2ccco2)C1. The number of nitrogens with one attached hydrogen (secondary N) is 1. The number of nitrogens with two attached hydrogens (primary N) is 1. The molecule has 1 aromatic rings. The summed E-state index contributed by atoms with van der Waals surface area (Å²) in [5.74, 6) is 5.04. The molecule has 0 spiro atoms.